The molecule has 1 aliphatic heterocycles. The molecule has 0 aliphatic carbocycles. The number of ether oxygens (including phenoxy) is 2. The molecule has 3 rings (SSSR count). The number of aryl methyl sites for hydroxylation is 1. The zero-order chi connectivity index (χ0) is 22.9. The molecule has 1 saturated heterocycles. The predicted molar refractivity (Wildman–Crippen MR) is 129 cm³/mol. The lowest BCUT2D eigenvalue weighted by atomic mass is 9.94. The molecule has 6 heteroatoms. The average molecular weight is 441 g/mol. The maximum absolute atomic E-state index is 11.4. The lowest BCUT2D eigenvalue weighted by Crippen LogP contribution is -2.39. The van der Waals surface area contributed by atoms with Crippen LogP contribution in [0.4, 0.5) is 17.1 Å². The quantitative estimate of drug-likeness (QED) is 0.500. The highest BCUT2D eigenvalue weighted by Crippen LogP contribution is 2.36. The Bertz CT molecular complexity index is 863. The molecule has 0 bridgehead atoms. The molecule has 0 spiro atoms. The Labute approximate surface area is 191 Å². The maximum Gasteiger partial charge on any atom is 0.304 e. The van der Waals surface area contributed by atoms with Crippen LogP contribution in [0, 0.1) is 0 Å². The van der Waals surface area contributed by atoms with Crippen molar-refractivity contribution in [1.82, 2.24) is 0 Å². The summed E-state index contributed by atoms with van der Waals surface area (Å²) in [4.78, 5) is 13.9. The van der Waals surface area contributed by atoms with Crippen LogP contribution in [0.1, 0.15) is 50.2 Å². The summed E-state index contributed by atoms with van der Waals surface area (Å²) in [7, 11) is 1.61. The monoisotopic (exact) mass is 440 g/mol. The Morgan fingerprint density at radius 3 is 2.50 bits per heavy atom. The Kier molecular flexibility index (Phi) is 8.94. The van der Waals surface area contributed by atoms with E-state index in [2.05, 4.69) is 66.5 Å². The summed E-state index contributed by atoms with van der Waals surface area (Å²) >= 11 is 0. The van der Waals surface area contributed by atoms with Crippen LogP contribution < -0.4 is 10.2 Å². The van der Waals surface area contributed by atoms with Crippen LogP contribution in [-0.2, 0) is 20.7 Å². The summed E-state index contributed by atoms with van der Waals surface area (Å²) in [5, 5.41) is 13.0. The van der Waals surface area contributed by atoms with Crippen molar-refractivity contribution in [1.29, 1.82) is 0 Å². The van der Waals surface area contributed by atoms with Gasteiger partial charge in [-0.15, -0.1) is 0 Å². The Balaban J connectivity index is 1.98. The van der Waals surface area contributed by atoms with E-state index in [1.54, 1.807) is 7.11 Å². The molecule has 0 amide bonds. The van der Waals surface area contributed by atoms with Gasteiger partial charge in [-0.25, -0.2) is 0 Å². The average Bonchev–Trinajstić information content (AvgIpc) is 2.81. The number of nitrogens with one attached hydrogen (secondary N) is 1. The van der Waals surface area contributed by atoms with Gasteiger partial charge in [-0.2, -0.15) is 0 Å². The lowest BCUT2D eigenvalue weighted by molar-refractivity contribution is -0.137. The van der Waals surface area contributed by atoms with Crippen molar-refractivity contribution in [2.75, 3.05) is 43.7 Å². The molecule has 1 unspecified atom stereocenters. The normalized spacial score (nSPS) is 15.3. The van der Waals surface area contributed by atoms with Crippen molar-refractivity contribution in [3.8, 4) is 0 Å². The third kappa shape index (κ3) is 6.24. The van der Waals surface area contributed by atoms with Crippen LogP contribution in [0.15, 0.2) is 42.5 Å². The molecule has 1 atom stereocenters. The van der Waals surface area contributed by atoms with E-state index in [-0.39, 0.29) is 12.3 Å². The first-order valence-electron chi connectivity index (χ1n) is 11.6. The molecule has 2 aromatic rings. The molecular formula is C26H36N2O4. The fourth-order valence-corrected chi connectivity index (χ4v) is 4.44. The van der Waals surface area contributed by atoms with Gasteiger partial charge in [0.25, 0.3) is 0 Å². The molecule has 6 nitrogen and oxygen atoms in total. The summed E-state index contributed by atoms with van der Waals surface area (Å²) in [6, 6.07) is 15.2. The standard InChI is InChI=1S/C26H36N2O4/c1-4-19-6-9-22(10-7-19)27-24-16-20(21(18-31-3)17-26(29)30)8-11-25(24)28(5-2)23-12-14-32-15-13-23/h6-11,16,21,23,27H,4-5,12-15,17-18H2,1-3H3,(H,29,30). The van der Waals surface area contributed by atoms with E-state index in [1.165, 1.54) is 5.56 Å². The summed E-state index contributed by atoms with van der Waals surface area (Å²) in [6.45, 7) is 7.17. The number of carboxylic acids is 1. The molecule has 2 N–H and O–H groups in total. The molecule has 1 fully saturated rings. The van der Waals surface area contributed by atoms with Gasteiger partial charge >= 0.3 is 5.97 Å². The number of carbonyl (C=O) groups is 1. The first kappa shape index (κ1) is 24.1. The van der Waals surface area contributed by atoms with E-state index in [0.29, 0.717) is 12.6 Å². The third-order valence-electron chi connectivity index (χ3n) is 6.20. The lowest BCUT2D eigenvalue weighted by Gasteiger charge is -2.37. The Morgan fingerprint density at radius 2 is 1.91 bits per heavy atom. The minimum absolute atomic E-state index is 0.0370. The number of hydrogen-bond donors (Lipinski definition) is 2. The van der Waals surface area contributed by atoms with Gasteiger partial charge < -0.3 is 24.8 Å². The van der Waals surface area contributed by atoms with Crippen LogP contribution in [0.3, 0.4) is 0 Å². The summed E-state index contributed by atoms with van der Waals surface area (Å²) in [5.74, 6) is -1.02. The second-order valence-corrected chi connectivity index (χ2v) is 8.33. The van der Waals surface area contributed by atoms with Crippen LogP contribution in [0.5, 0.6) is 0 Å². The molecule has 2 aromatic carbocycles. The van der Waals surface area contributed by atoms with Crippen molar-refractivity contribution < 1.29 is 19.4 Å². The summed E-state index contributed by atoms with van der Waals surface area (Å²) in [6.07, 6.45) is 3.05. The largest absolute Gasteiger partial charge is 0.481 e. The van der Waals surface area contributed by atoms with Crippen molar-refractivity contribution in [3.05, 3.63) is 53.6 Å². The highest BCUT2D eigenvalue weighted by Gasteiger charge is 2.24. The van der Waals surface area contributed by atoms with Crippen LogP contribution in [-0.4, -0.2) is 50.6 Å². The van der Waals surface area contributed by atoms with Gasteiger partial charge in [0.05, 0.1) is 24.4 Å². The molecule has 174 valence electrons. The van der Waals surface area contributed by atoms with Crippen molar-refractivity contribution in [2.24, 2.45) is 0 Å². The zero-order valence-corrected chi connectivity index (χ0v) is 19.5. The maximum atomic E-state index is 11.4. The highest BCUT2D eigenvalue weighted by atomic mass is 16.5. The number of methoxy groups -OCH3 is 1. The van der Waals surface area contributed by atoms with Crippen molar-refractivity contribution in [3.63, 3.8) is 0 Å². The zero-order valence-electron chi connectivity index (χ0n) is 19.5. The van der Waals surface area contributed by atoms with E-state index in [9.17, 15) is 9.90 Å². The van der Waals surface area contributed by atoms with Crippen molar-refractivity contribution in [2.45, 2.75) is 51.5 Å². The highest BCUT2D eigenvalue weighted by molar-refractivity contribution is 5.77. The van der Waals surface area contributed by atoms with E-state index < -0.39 is 5.97 Å². The second-order valence-electron chi connectivity index (χ2n) is 8.33. The number of benzene rings is 2. The Hall–Kier alpha value is -2.57. The van der Waals surface area contributed by atoms with Gasteiger partial charge in [0.15, 0.2) is 0 Å². The number of nitrogens with zero attached hydrogens (tertiary/aromatic N) is 1. The molecule has 1 aliphatic rings. The number of rotatable bonds is 11. The first-order valence-corrected chi connectivity index (χ1v) is 11.6. The van der Waals surface area contributed by atoms with E-state index in [4.69, 9.17) is 9.47 Å². The summed E-state index contributed by atoms with van der Waals surface area (Å²) < 4.78 is 10.9. The number of anilines is 3. The number of aliphatic carboxylic acids is 1. The SMILES string of the molecule is CCc1ccc(Nc2cc(C(COC)CC(=O)O)ccc2N(CC)C2CCOCC2)cc1. The number of carboxylic acid groups (broad SMARTS) is 1. The van der Waals surface area contributed by atoms with Gasteiger partial charge in [-0.3, -0.25) is 4.79 Å². The molecule has 1 heterocycles. The smallest absolute Gasteiger partial charge is 0.304 e. The first-order chi connectivity index (χ1) is 15.5. The van der Waals surface area contributed by atoms with Gasteiger partial charge in [0, 0.05) is 44.5 Å². The summed E-state index contributed by atoms with van der Waals surface area (Å²) in [5.41, 5.74) is 5.41. The topological polar surface area (TPSA) is 71.0 Å². The van der Waals surface area contributed by atoms with Gasteiger partial charge in [0.1, 0.15) is 0 Å². The second kappa shape index (κ2) is 11.9. The Morgan fingerprint density at radius 1 is 1.19 bits per heavy atom. The van der Waals surface area contributed by atoms with Crippen LogP contribution >= 0.6 is 0 Å². The van der Waals surface area contributed by atoms with Gasteiger partial charge in [-0.05, 0) is 61.6 Å². The molecule has 0 saturated carbocycles. The third-order valence-corrected chi connectivity index (χ3v) is 6.20. The van der Waals surface area contributed by atoms with E-state index in [0.717, 1.165) is 61.6 Å². The fourth-order valence-electron chi connectivity index (χ4n) is 4.44. The number of hydrogen-bond acceptors (Lipinski definition) is 5. The van der Waals surface area contributed by atoms with E-state index >= 15 is 0 Å². The van der Waals surface area contributed by atoms with Crippen molar-refractivity contribution >= 4 is 23.0 Å². The molecule has 32 heavy (non-hydrogen) atoms. The minimum atomic E-state index is -0.821. The van der Waals surface area contributed by atoms with E-state index in [1.807, 2.05) is 0 Å². The van der Waals surface area contributed by atoms with Crippen LogP contribution in [0.2, 0.25) is 0 Å². The minimum Gasteiger partial charge on any atom is -0.481 e. The van der Waals surface area contributed by atoms with Crippen LogP contribution in [0.25, 0.3) is 0 Å². The predicted octanol–water partition coefficient (Wildman–Crippen LogP) is 5.20. The van der Waals surface area contributed by atoms with Gasteiger partial charge in [0.2, 0.25) is 0 Å². The molecule has 0 radical (unpaired) electrons. The van der Waals surface area contributed by atoms with Gasteiger partial charge in [-0.1, -0.05) is 25.1 Å². The fraction of sp³-hybridized carbons (Fsp3) is 0.500. The molecular weight excluding hydrogens is 404 g/mol. The molecule has 0 aromatic heterocycles.